The molecule has 1 atom stereocenters. The molecule has 18 heavy (non-hydrogen) atoms. The van der Waals surface area contributed by atoms with E-state index in [4.69, 9.17) is 11.6 Å². The van der Waals surface area contributed by atoms with Crippen molar-refractivity contribution in [3.63, 3.8) is 0 Å². The van der Waals surface area contributed by atoms with Gasteiger partial charge in [-0.25, -0.2) is 4.39 Å². The van der Waals surface area contributed by atoms with Gasteiger partial charge in [0.15, 0.2) is 5.65 Å². The molecule has 0 aliphatic rings. The fourth-order valence-corrected chi connectivity index (χ4v) is 1.63. The summed E-state index contributed by atoms with van der Waals surface area (Å²) in [6, 6.07) is 3.31. The third-order valence-corrected chi connectivity index (χ3v) is 2.61. The van der Waals surface area contributed by atoms with Gasteiger partial charge in [0.2, 0.25) is 0 Å². The summed E-state index contributed by atoms with van der Waals surface area (Å²) < 4.78 is 14.3. The van der Waals surface area contributed by atoms with Crippen molar-refractivity contribution < 1.29 is 9.18 Å². The average Bonchev–Trinajstić information content (AvgIpc) is 2.71. The average molecular weight is 271 g/mol. The summed E-state index contributed by atoms with van der Waals surface area (Å²) in [5.41, 5.74) is -0.956. The summed E-state index contributed by atoms with van der Waals surface area (Å²) in [6.45, 7) is 3.97. The first-order valence-corrected chi connectivity index (χ1v) is 5.86. The standard InChI is InChI=1S/C11H12ClFN4O/c1-6(2)10-16-15-8-4-3-7(5-17(8)10)14-11(18)9(12)13/h3-6,9H,1-2H3,(H,14,18). The van der Waals surface area contributed by atoms with Crippen LogP contribution in [-0.2, 0) is 4.79 Å². The van der Waals surface area contributed by atoms with Gasteiger partial charge in [-0.15, -0.1) is 10.2 Å². The van der Waals surface area contributed by atoms with Gasteiger partial charge in [0.05, 0.1) is 5.69 Å². The van der Waals surface area contributed by atoms with E-state index in [0.29, 0.717) is 11.3 Å². The number of hydrogen-bond acceptors (Lipinski definition) is 3. The van der Waals surface area contributed by atoms with Crippen molar-refractivity contribution in [2.45, 2.75) is 25.4 Å². The number of pyridine rings is 1. The van der Waals surface area contributed by atoms with Crippen LogP contribution in [0.2, 0.25) is 0 Å². The molecule has 1 amide bonds. The summed E-state index contributed by atoms with van der Waals surface area (Å²) >= 11 is 5.05. The molecular formula is C11H12ClFN4O. The van der Waals surface area contributed by atoms with Crippen molar-refractivity contribution >= 4 is 28.8 Å². The van der Waals surface area contributed by atoms with Gasteiger partial charge in [-0.3, -0.25) is 9.20 Å². The molecule has 0 saturated heterocycles. The fourth-order valence-electron chi connectivity index (χ4n) is 1.57. The third kappa shape index (κ3) is 2.43. The van der Waals surface area contributed by atoms with Crippen molar-refractivity contribution in [1.29, 1.82) is 0 Å². The molecule has 2 heterocycles. The number of fused-ring (bicyclic) bond motifs is 1. The van der Waals surface area contributed by atoms with Gasteiger partial charge in [-0.1, -0.05) is 25.4 Å². The van der Waals surface area contributed by atoms with Crippen molar-refractivity contribution in [3.8, 4) is 0 Å². The summed E-state index contributed by atoms with van der Waals surface area (Å²) in [4.78, 5) is 11.1. The van der Waals surface area contributed by atoms with Crippen LogP contribution >= 0.6 is 11.6 Å². The van der Waals surface area contributed by atoms with E-state index in [0.717, 1.165) is 5.82 Å². The lowest BCUT2D eigenvalue weighted by Crippen LogP contribution is -2.19. The second kappa shape index (κ2) is 4.89. The Kier molecular flexibility index (Phi) is 3.47. The highest BCUT2D eigenvalue weighted by Gasteiger charge is 2.14. The molecule has 7 heteroatoms. The molecule has 0 aliphatic carbocycles. The number of amides is 1. The Morgan fingerprint density at radius 2 is 2.17 bits per heavy atom. The van der Waals surface area contributed by atoms with E-state index in [-0.39, 0.29) is 5.92 Å². The lowest BCUT2D eigenvalue weighted by Gasteiger charge is -2.07. The van der Waals surface area contributed by atoms with Crippen LogP contribution in [0.25, 0.3) is 5.65 Å². The number of anilines is 1. The molecule has 0 aromatic carbocycles. The molecule has 2 aromatic rings. The Balaban J connectivity index is 2.36. The third-order valence-electron chi connectivity index (χ3n) is 2.41. The first kappa shape index (κ1) is 12.8. The Bertz CT molecular complexity index is 581. The number of nitrogens with zero attached hydrogens (tertiary/aromatic N) is 3. The smallest absolute Gasteiger partial charge is 0.274 e. The van der Waals surface area contributed by atoms with Crippen LogP contribution in [0.1, 0.15) is 25.6 Å². The Morgan fingerprint density at radius 1 is 1.44 bits per heavy atom. The van der Waals surface area contributed by atoms with E-state index < -0.39 is 11.5 Å². The molecule has 0 spiro atoms. The highest BCUT2D eigenvalue weighted by Crippen LogP contribution is 2.17. The predicted octanol–water partition coefficient (Wildman–Crippen LogP) is 2.33. The quantitative estimate of drug-likeness (QED) is 0.871. The summed E-state index contributed by atoms with van der Waals surface area (Å²) in [5.74, 6) is 0.0619. The number of carbonyl (C=O) groups is 1. The lowest BCUT2D eigenvalue weighted by molar-refractivity contribution is -0.118. The molecule has 0 saturated carbocycles. The van der Waals surface area contributed by atoms with E-state index in [9.17, 15) is 9.18 Å². The molecule has 0 bridgehead atoms. The largest absolute Gasteiger partial charge is 0.321 e. The minimum atomic E-state index is -2.06. The molecule has 96 valence electrons. The van der Waals surface area contributed by atoms with Gasteiger partial charge in [0, 0.05) is 12.1 Å². The number of halogens is 2. The highest BCUT2D eigenvalue weighted by atomic mass is 35.5. The predicted molar refractivity (Wildman–Crippen MR) is 66.5 cm³/mol. The van der Waals surface area contributed by atoms with Crippen LogP contribution in [0, 0.1) is 0 Å². The SMILES string of the molecule is CC(C)c1nnc2ccc(NC(=O)C(F)Cl)cn12. The van der Waals surface area contributed by atoms with E-state index in [1.54, 1.807) is 22.7 Å². The maximum Gasteiger partial charge on any atom is 0.274 e. The van der Waals surface area contributed by atoms with E-state index in [1.807, 2.05) is 13.8 Å². The van der Waals surface area contributed by atoms with Gasteiger partial charge in [-0.2, -0.15) is 0 Å². The number of carbonyl (C=O) groups excluding carboxylic acids is 1. The molecule has 2 rings (SSSR count). The van der Waals surface area contributed by atoms with Crippen molar-refractivity contribution in [2.24, 2.45) is 0 Å². The first-order chi connectivity index (χ1) is 8.49. The Morgan fingerprint density at radius 3 is 2.78 bits per heavy atom. The molecule has 5 nitrogen and oxygen atoms in total. The van der Waals surface area contributed by atoms with Crippen molar-refractivity contribution in [3.05, 3.63) is 24.2 Å². The zero-order valence-corrected chi connectivity index (χ0v) is 10.6. The van der Waals surface area contributed by atoms with Gasteiger partial charge in [-0.05, 0) is 12.1 Å². The number of alkyl halides is 2. The van der Waals surface area contributed by atoms with E-state index in [1.165, 1.54) is 0 Å². The Hall–Kier alpha value is -1.69. The second-order valence-corrected chi connectivity index (χ2v) is 4.53. The Labute approximate surface area is 108 Å². The van der Waals surface area contributed by atoms with Crippen LogP contribution in [0.15, 0.2) is 18.3 Å². The zero-order chi connectivity index (χ0) is 13.3. The minimum Gasteiger partial charge on any atom is -0.321 e. The van der Waals surface area contributed by atoms with Crippen LogP contribution in [-0.4, -0.2) is 26.1 Å². The molecule has 0 radical (unpaired) electrons. The first-order valence-electron chi connectivity index (χ1n) is 5.42. The normalized spacial score (nSPS) is 12.9. The summed E-state index contributed by atoms with van der Waals surface area (Å²) in [6.07, 6.45) is 1.64. The lowest BCUT2D eigenvalue weighted by atomic mass is 10.2. The fraction of sp³-hybridized carbons (Fsp3) is 0.364. The molecule has 2 aromatic heterocycles. The van der Waals surface area contributed by atoms with Crippen molar-refractivity contribution in [1.82, 2.24) is 14.6 Å². The monoisotopic (exact) mass is 270 g/mol. The molecule has 0 fully saturated rings. The van der Waals surface area contributed by atoms with Gasteiger partial charge in [0.1, 0.15) is 5.82 Å². The molecule has 0 aliphatic heterocycles. The number of nitrogens with one attached hydrogen (secondary N) is 1. The van der Waals surface area contributed by atoms with Crippen LogP contribution in [0.3, 0.4) is 0 Å². The minimum absolute atomic E-state index is 0.188. The number of hydrogen-bond donors (Lipinski definition) is 1. The number of aromatic nitrogens is 3. The van der Waals surface area contributed by atoms with Gasteiger partial charge in [0.25, 0.3) is 11.5 Å². The maximum atomic E-state index is 12.6. The second-order valence-electron chi connectivity index (χ2n) is 4.15. The summed E-state index contributed by atoms with van der Waals surface area (Å²) in [5, 5.41) is 10.4. The van der Waals surface area contributed by atoms with Crippen LogP contribution in [0.4, 0.5) is 10.1 Å². The summed E-state index contributed by atoms with van der Waals surface area (Å²) in [7, 11) is 0. The van der Waals surface area contributed by atoms with E-state index in [2.05, 4.69) is 15.5 Å². The van der Waals surface area contributed by atoms with Crippen LogP contribution in [0.5, 0.6) is 0 Å². The molecule has 1 unspecified atom stereocenters. The topological polar surface area (TPSA) is 59.3 Å². The van der Waals surface area contributed by atoms with Gasteiger partial charge < -0.3 is 5.32 Å². The van der Waals surface area contributed by atoms with E-state index >= 15 is 0 Å². The molecule has 1 N–H and O–H groups in total. The maximum absolute atomic E-state index is 12.6. The molecular weight excluding hydrogens is 259 g/mol. The zero-order valence-electron chi connectivity index (χ0n) is 9.89. The van der Waals surface area contributed by atoms with Gasteiger partial charge >= 0.3 is 0 Å². The highest BCUT2D eigenvalue weighted by molar-refractivity contribution is 6.31. The van der Waals surface area contributed by atoms with Crippen LogP contribution < -0.4 is 5.32 Å². The number of rotatable bonds is 3. The van der Waals surface area contributed by atoms with Crippen molar-refractivity contribution in [2.75, 3.05) is 5.32 Å².